The molecule has 3 nitrogen and oxygen atoms in total. The van der Waals surface area contributed by atoms with E-state index in [1.807, 2.05) is 42.5 Å². The Kier molecular flexibility index (Phi) is 8.56. The Balaban J connectivity index is 1.65. The van der Waals surface area contributed by atoms with Crippen LogP contribution in [0.25, 0.3) is 0 Å². The molecule has 3 rings (SSSR count). The van der Waals surface area contributed by atoms with E-state index in [1.165, 1.54) is 11.1 Å². The minimum atomic E-state index is 0.329. The summed E-state index contributed by atoms with van der Waals surface area (Å²) >= 11 is 10.1. The molecule has 29 heavy (non-hydrogen) atoms. The van der Waals surface area contributed by atoms with Crippen LogP contribution in [0.2, 0.25) is 5.02 Å². The van der Waals surface area contributed by atoms with Gasteiger partial charge in [-0.1, -0.05) is 66.2 Å². The number of methoxy groups -OCH3 is 1. The van der Waals surface area contributed by atoms with Crippen LogP contribution in [0.5, 0.6) is 5.75 Å². The van der Waals surface area contributed by atoms with Crippen molar-refractivity contribution in [2.45, 2.75) is 19.4 Å². The molecular weight excluding hydrogens is 452 g/mol. The Morgan fingerprint density at radius 2 is 1.62 bits per heavy atom. The lowest BCUT2D eigenvalue weighted by atomic mass is 10.0. The third-order valence-electron chi connectivity index (χ3n) is 4.47. The fourth-order valence-electron chi connectivity index (χ4n) is 2.96. The third kappa shape index (κ3) is 6.86. The summed E-state index contributed by atoms with van der Waals surface area (Å²) in [6.07, 6.45) is 1.63. The topological polar surface area (TPSA) is 27.7 Å². The largest absolute Gasteiger partial charge is 0.488 e. The van der Waals surface area contributed by atoms with E-state index in [9.17, 15) is 0 Å². The highest BCUT2D eigenvalue weighted by Gasteiger charge is 2.11. The molecule has 0 spiro atoms. The Morgan fingerprint density at radius 1 is 0.897 bits per heavy atom. The van der Waals surface area contributed by atoms with Gasteiger partial charge < -0.3 is 14.2 Å². The monoisotopic (exact) mass is 474 g/mol. The average molecular weight is 476 g/mol. The van der Waals surface area contributed by atoms with E-state index >= 15 is 0 Å². The zero-order valence-corrected chi connectivity index (χ0v) is 18.7. The van der Waals surface area contributed by atoms with Crippen molar-refractivity contribution < 1.29 is 14.2 Å². The summed E-state index contributed by atoms with van der Waals surface area (Å²) in [7, 11) is 1.63. The first-order valence-electron chi connectivity index (χ1n) is 9.45. The number of halogens is 2. The van der Waals surface area contributed by atoms with Crippen LogP contribution in [0.4, 0.5) is 0 Å². The maximum atomic E-state index is 6.35. The van der Waals surface area contributed by atoms with Crippen LogP contribution >= 0.6 is 27.5 Å². The molecule has 3 aromatic carbocycles. The van der Waals surface area contributed by atoms with E-state index < -0.39 is 0 Å². The summed E-state index contributed by atoms with van der Waals surface area (Å²) in [6.45, 7) is 1.48. The predicted molar refractivity (Wildman–Crippen MR) is 121 cm³/mol. The third-order valence-corrected chi connectivity index (χ3v) is 5.59. The van der Waals surface area contributed by atoms with Crippen LogP contribution in [0.1, 0.15) is 22.3 Å². The number of hydrogen-bond donors (Lipinski definition) is 0. The van der Waals surface area contributed by atoms with Gasteiger partial charge in [0.25, 0.3) is 0 Å². The first kappa shape index (κ1) is 21.8. The molecule has 0 saturated carbocycles. The molecule has 0 radical (unpaired) electrons. The highest BCUT2D eigenvalue weighted by Crippen LogP contribution is 2.34. The highest BCUT2D eigenvalue weighted by atomic mass is 79.9. The fourth-order valence-corrected chi connectivity index (χ4v) is 3.68. The fraction of sp³-hybridized carbons (Fsp3) is 0.250. The summed E-state index contributed by atoms with van der Waals surface area (Å²) in [5.74, 6) is 0.753. The van der Waals surface area contributed by atoms with Crippen LogP contribution in [-0.2, 0) is 28.9 Å². The molecule has 0 saturated heterocycles. The van der Waals surface area contributed by atoms with Gasteiger partial charge in [-0.25, -0.2) is 0 Å². The number of benzene rings is 3. The SMILES string of the molecule is COCOCCc1ccc(Cc2cc(Cl)cc(OCc3ccccc3)c2Br)cc1. The second-order valence-electron chi connectivity index (χ2n) is 6.71. The highest BCUT2D eigenvalue weighted by molar-refractivity contribution is 9.10. The van der Waals surface area contributed by atoms with Gasteiger partial charge in [0, 0.05) is 12.1 Å². The number of ether oxygens (including phenoxy) is 3. The lowest BCUT2D eigenvalue weighted by Crippen LogP contribution is -2.01. The summed E-state index contributed by atoms with van der Waals surface area (Å²) in [5, 5.41) is 0.665. The van der Waals surface area contributed by atoms with Gasteiger partial charge in [-0.05, 0) is 63.2 Å². The van der Waals surface area contributed by atoms with Crippen molar-refractivity contribution in [1.29, 1.82) is 0 Å². The molecule has 0 aliphatic carbocycles. The standard InChI is InChI=1S/C24H24BrClO3/c1-27-17-28-12-11-18-7-9-19(10-8-18)13-21-14-22(26)15-23(24(21)25)29-16-20-5-3-2-4-6-20/h2-10,14-15H,11-13,16-17H2,1H3. The van der Waals surface area contributed by atoms with Crippen LogP contribution < -0.4 is 4.74 Å². The van der Waals surface area contributed by atoms with Crippen molar-refractivity contribution >= 4 is 27.5 Å². The molecule has 0 heterocycles. The van der Waals surface area contributed by atoms with E-state index in [4.69, 9.17) is 25.8 Å². The lowest BCUT2D eigenvalue weighted by molar-refractivity contribution is -0.0291. The van der Waals surface area contributed by atoms with Gasteiger partial charge in [0.15, 0.2) is 0 Å². The maximum absolute atomic E-state index is 6.35. The van der Waals surface area contributed by atoms with Crippen molar-refractivity contribution in [2.75, 3.05) is 20.5 Å². The van der Waals surface area contributed by atoms with Crippen molar-refractivity contribution in [3.63, 3.8) is 0 Å². The first-order valence-corrected chi connectivity index (χ1v) is 10.6. The minimum Gasteiger partial charge on any atom is -0.488 e. The van der Waals surface area contributed by atoms with Gasteiger partial charge in [0.05, 0.1) is 11.1 Å². The molecule has 0 aliphatic rings. The second-order valence-corrected chi connectivity index (χ2v) is 7.94. The Labute approximate surface area is 185 Å². The summed E-state index contributed by atoms with van der Waals surface area (Å²) in [5.41, 5.74) is 4.66. The van der Waals surface area contributed by atoms with Gasteiger partial charge >= 0.3 is 0 Å². The van der Waals surface area contributed by atoms with Crippen LogP contribution in [0.3, 0.4) is 0 Å². The Morgan fingerprint density at radius 3 is 2.34 bits per heavy atom. The molecule has 0 fully saturated rings. The molecular formula is C24H24BrClO3. The van der Waals surface area contributed by atoms with E-state index in [0.29, 0.717) is 25.0 Å². The summed E-state index contributed by atoms with van der Waals surface area (Å²) < 4.78 is 17.2. The van der Waals surface area contributed by atoms with E-state index in [2.05, 4.69) is 40.2 Å². The van der Waals surface area contributed by atoms with Gasteiger partial charge in [-0.15, -0.1) is 0 Å². The molecule has 5 heteroatoms. The van der Waals surface area contributed by atoms with Crippen molar-refractivity contribution in [2.24, 2.45) is 0 Å². The Hall–Kier alpha value is -1.85. The quantitative estimate of drug-likeness (QED) is 0.250. The maximum Gasteiger partial charge on any atom is 0.146 e. The molecule has 152 valence electrons. The molecule has 0 amide bonds. The zero-order chi connectivity index (χ0) is 20.5. The minimum absolute atomic E-state index is 0.329. The van der Waals surface area contributed by atoms with Gasteiger partial charge in [-0.3, -0.25) is 0 Å². The summed E-state index contributed by atoms with van der Waals surface area (Å²) in [6, 6.07) is 22.5. The Bertz CT molecular complexity index is 898. The van der Waals surface area contributed by atoms with Crippen LogP contribution in [0.15, 0.2) is 71.2 Å². The van der Waals surface area contributed by atoms with Gasteiger partial charge in [0.2, 0.25) is 0 Å². The van der Waals surface area contributed by atoms with Gasteiger partial charge in [-0.2, -0.15) is 0 Å². The zero-order valence-electron chi connectivity index (χ0n) is 16.4. The van der Waals surface area contributed by atoms with Crippen LogP contribution in [-0.4, -0.2) is 20.5 Å². The van der Waals surface area contributed by atoms with E-state index in [0.717, 1.165) is 34.2 Å². The molecule has 0 N–H and O–H groups in total. The average Bonchev–Trinajstić information content (AvgIpc) is 2.74. The van der Waals surface area contributed by atoms with Crippen molar-refractivity contribution in [3.8, 4) is 5.75 Å². The van der Waals surface area contributed by atoms with Crippen molar-refractivity contribution in [1.82, 2.24) is 0 Å². The van der Waals surface area contributed by atoms with E-state index in [-0.39, 0.29) is 0 Å². The molecule has 0 unspecified atom stereocenters. The first-order chi connectivity index (χ1) is 14.2. The molecule has 0 bridgehead atoms. The molecule has 3 aromatic rings. The predicted octanol–water partition coefficient (Wildman–Crippen LogP) is 6.44. The second kappa shape index (κ2) is 11.4. The molecule has 0 aliphatic heterocycles. The van der Waals surface area contributed by atoms with Crippen molar-refractivity contribution in [3.05, 3.63) is 98.5 Å². The summed E-state index contributed by atoms with van der Waals surface area (Å²) in [4.78, 5) is 0. The smallest absolute Gasteiger partial charge is 0.146 e. The number of rotatable bonds is 10. The number of hydrogen-bond acceptors (Lipinski definition) is 3. The normalized spacial score (nSPS) is 10.9. The molecule has 0 atom stereocenters. The van der Waals surface area contributed by atoms with Gasteiger partial charge in [0.1, 0.15) is 19.1 Å². The van der Waals surface area contributed by atoms with Crippen LogP contribution in [0, 0.1) is 0 Å². The molecule has 0 aromatic heterocycles. The van der Waals surface area contributed by atoms with E-state index in [1.54, 1.807) is 7.11 Å². The lowest BCUT2D eigenvalue weighted by Gasteiger charge is -2.13.